The Morgan fingerprint density at radius 1 is 1.23 bits per heavy atom. The van der Waals surface area contributed by atoms with Crippen LogP contribution in [-0.4, -0.2) is 38.7 Å². The molecule has 5 heteroatoms. The monoisotopic (exact) mass is 386 g/mol. The summed E-state index contributed by atoms with van der Waals surface area (Å²) in [5.74, 6) is 0.0232. The van der Waals surface area contributed by atoms with Gasteiger partial charge in [-0.25, -0.2) is 4.79 Å². The van der Waals surface area contributed by atoms with Crippen molar-refractivity contribution in [3.63, 3.8) is 0 Å². The molecule has 0 saturated carbocycles. The summed E-state index contributed by atoms with van der Waals surface area (Å²) < 4.78 is 11.5. The molecule has 0 amide bonds. The van der Waals surface area contributed by atoms with Crippen LogP contribution >= 0.6 is 0 Å². The molecule has 4 nitrogen and oxygen atoms in total. The number of carbonyl (C=O) groups is 1. The smallest absolute Gasteiger partial charge is 0.333 e. The summed E-state index contributed by atoms with van der Waals surface area (Å²) in [4.78, 5) is 11.5. The van der Waals surface area contributed by atoms with Crippen LogP contribution in [0.3, 0.4) is 0 Å². The molecule has 0 aliphatic rings. The molecular formula is C21H42O4Si. The third-order valence-electron chi connectivity index (χ3n) is 5.84. The highest BCUT2D eigenvalue weighted by Crippen LogP contribution is 2.40. The van der Waals surface area contributed by atoms with Gasteiger partial charge in [0.2, 0.25) is 0 Å². The first-order valence-corrected chi connectivity index (χ1v) is 12.8. The Morgan fingerprint density at radius 2 is 1.77 bits per heavy atom. The van der Waals surface area contributed by atoms with Gasteiger partial charge in [-0.1, -0.05) is 54.0 Å². The van der Waals surface area contributed by atoms with Crippen LogP contribution < -0.4 is 0 Å². The lowest BCUT2D eigenvalue weighted by Crippen LogP contribution is -2.49. The van der Waals surface area contributed by atoms with E-state index in [-0.39, 0.29) is 23.0 Å². The summed E-state index contributed by atoms with van der Waals surface area (Å²) in [5, 5.41) is 10.9. The summed E-state index contributed by atoms with van der Waals surface area (Å²) in [6, 6.07) is 0. The lowest BCUT2D eigenvalue weighted by molar-refractivity contribution is -0.136. The minimum atomic E-state index is -1.94. The topological polar surface area (TPSA) is 55.8 Å². The second kappa shape index (κ2) is 10.6. The molecule has 0 heterocycles. The number of ether oxygens (including phenoxy) is 1. The van der Waals surface area contributed by atoms with Crippen LogP contribution in [0.4, 0.5) is 0 Å². The van der Waals surface area contributed by atoms with Gasteiger partial charge < -0.3 is 14.3 Å². The van der Waals surface area contributed by atoms with Gasteiger partial charge in [0, 0.05) is 11.5 Å². The Labute approximate surface area is 162 Å². The number of aliphatic hydroxyl groups excluding tert-OH is 1. The van der Waals surface area contributed by atoms with Gasteiger partial charge in [-0.05, 0) is 43.8 Å². The number of hydrogen-bond donors (Lipinski definition) is 1. The largest absolute Gasteiger partial charge is 0.466 e. The summed E-state index contributed by atoms with van der Waals surface area (Å²) in [5.41, 5.74) is 0.530. The van der Waals surface area contributed by atoms with Crippen LogP contribution in [0, 0.1) is 11.8 Å². The molecule has 0 aliphatic heterocycles. The van der Waals surface area contributed by atoms with Gasteiger partial charge in [-0.3, -0.25) is 0 Å². The quantitative estimate of drug-likeness (QED) is 0.314. The molecule has 4 atom stereocenters. The minimum Gasteiger partial charge on any atom is -0.466 e. The molecule has 26 heavy (non-hydrogen) atoms. The Balaban J connectivity index is 5.33. The highest BCUT2D eigenvalue weighted by atomic mass is 28.4. The normalized spacial score (nSPS) is 18.2. The molecule has 0 aromatic heterocycles. The fraction of sp³-hybridized carbons (Fsp3) is 0.857. The number of hydrogen-bond acceptors (Lipinski definition) is 4. The molecule has 0 unspecified atom stereocenters. The lowest BCUT2D eigenvalue weighted by Gasteiger charge is -2.43. The SMILES string of the molecule is CCC[C@H](C)[C@@H](O[Si](C)(C)C(C)(C)C)[C@H](C)[C@@H](O)C/C=C(\C)C(=O)OC. The molecule has 0 rings (SSSR count). The summed E-state index contributed by atoms with van der Waals surface area (Å²) >= 11 is 0. The van der Waals surface area contributed by atoms with E-state index in [0.717, 1.165) is 12.8 Å². The van der Waals surface area contributed by atoms with Gasteiger partial charge in [-0.2, -0.15) is 0 Å². The van der Waals surface area contributed by atoms with Gasteiger partial charge in [0.05, 0.1) is 19.3 Å². The number of aliphatic hydroxyl groups is 1. The highest BCUT2D eigenvalue weighted by molar-refractivity contribution is 6.74. The minimum absolute atomic E-state index is 0.00706. The van der Waals surface area contributed by atoms with Gasteiger partial charge in [0.1, 0.15) is 0 Å². The first-order chi connectivity index (χ1) is 11.8. The van der Waals surface area contributed by atoms with Gasteiger partial charge in [-0.15, -0.1) is 0 Å². The third kappa shape index (κ3) is 7.53. The molecular weight excluding hydrogens is 344 g/mol. The van der Waals surface area contributed by atoms with Crippen LogP contribution in [0.2, 0.25) is 18.1 Å². The van der Waals surface area contributed by atoms with E-state index in [2.05, 4.69) is 54.6 Å². The van der Waals surface area contributed by atoms with E-state index in [9.17, 15) is 9.90 Å². The zero-order valence-corrected chi connectivity index (χ0v) is 19.7. The van der Waals surface area contributed by atoms with Gasteiger partial charge in [0.15, 0.2) is 8.32 Å². The van der Waals surface area contributed by atoms with E-state index < -0.39 is 14.4 Å². The van der Waals surface area contributed by atoms with Crippen molar-refractivity contribution in [2.45, 2.75) is 98.1 Å². The second-order valence-corrected chi connectivity index (χ2v) is 13.9. The molecule has 1 N–H and O–H groups in total. The zero-order valence-electron chi connectivity index (χ0n) is 18.7. The van der Waals surface area contributed by atoms with Gasteiger partial charge >= 0.3 is 5.97 Å². The Hall–Kier alpha value is -0.653. The molecule has 0 bridgehead atoms. The van der Waals surface area contributed by atoms with Crippen LogP contribution in [0.5, 0.6) is 0 Å². The molecule has 0 aromatic carbocycles. The number of rotatable bonds is 10. The van der Waals surface area contributed by atoms with Crippen molar-refractivity contribution in [3.05, 3.63) is 11.6 Å². The highest BCUT2D eigenvalue weighted by Gasteiger charge is 2.42. The maximum atomic E-state index is 11.5. The van der Waals surface area contributed by atoms with E-state index in [1.165, 1.54) is 7.11 Å². The summed E-state index contributed by atoms with van der Waals surface area (Å²) in [6.45, 7) is 19.4. The fourth-order valence-corrected chi connectivity index (χ4v) is 4.33. The number of methoxy groups -OCH3 is 1. The Kier molecular flexibility index (Phi) is 10.4. The van der Waals surface area contributed by atoms with E-state index in [0.29, 0.717) is 17.9 Å². The van der Waals surface area contributed by atoms with Crippen molar-refractivity contribution in [1.82, 2.24) is 0 Å². The Morgan fingerprint density at radius 3 is 2.19 bits per heavy atom. The molecule has 0 saturated heterocycles. The molecule has 0 fully saturated rings. The Bertz CT molecular complexity index is 465. The maximum absolute atomic E-state index is 11.5. The van der Waals surface area contributed by atoms with Crippen LogP contribution in [0.25, 0.3) is 0 Å². The first-order valence-electron chi connectivity index (χ1n) is 9.89. The average Bonchev–Trinajstić information content (AvgIpc) is 2.54. The van der Waals surface area contributed by atoms with E-state index in [1.54, 1.807) is 13.0 Å². The summed E-state index contributed by atoms with van der Waals surface area (Å²) in [6.07, 6.45) is 3.83. The van der Waals surface area contributed by atoms with Crippen molar-refractivity contribution < 1.29 is 19.1 Å². The van der Waals surface area contributed by atoms with Crippen molar-refractivity contribution in [3.8, 4) is 0 Å². The number of carbonyl (C=O) groups excluding carboxylic acids is 1. The predicted molar refractivity (Wildman–Crippen MR) is 112 cm³/mol. The van der Waals surface area contributed by atoms with Crippen molar-refractivity contribution >= 4 is 14.3 Å². The molecule has 0 aliphatic carbocycles. The van der Waals surface area contributed by atoms with Crippen LogP contribution in [-0.2, 0) is 14.0 Å². The van der Waals surface area contributed by atoms with Gasteiger partial charge in [0.25, 0.3) is 0 Å². The molecule has 0 aromatic rings. The van der Waals surface area contributed by atoms with Crippen LogP contribution in [0.1, 0.15) is 67.7 Å². The number of esters is 1. The van der Waals surface area contributed by atoms with E-state index >= 15 is 0 Å². The van der Waals surface area contributed by atoms with Crippen molar-refractivity contribution in [1.29, 1.82) is 0 Å². The average molecular weight is 387 g/mol. The summed E-state index contributed by atoms with van der Waals surface area (Å²) in [7, 11) is -0.568. The fourth-order valence-electron chi connectivity index (χ4n) is 2.85. The standard InChI is InChI=1S/C21H42O4Si/c1-11-12-15(2)19(25-26(9,10)21(5,6)7)17(4)18(22)14-13-16(3)20(23)24-8/h13,15,17-19,22H,11-12,14H2,1-10H3/b16-13+/t15-,17+,18-,19+/m0/s1. The first kappa shape index (κ1) is 25.3. The second-order valence-electron chi connectivity index (χ2n) is 9.15. The maximum Gasteiger partial charge on any atom is 0.333 e. The third-order valence-corrected chi connectivity index (χ3v) is 10.3. The van der Waals surface area contributed by atoms with Crippen molar-refractivity contribution in [2.24, 2.45) is 11.8 Å². The zero-order chi connectivity index (χ0) is 20.7. The lowest BCUT2D eigenvalue weighted by atomic mass is 9.86. The molecule has 154 valence electrons. The van der Waals surface area contributed by atoms with Crippen molar-refractivity contribution in [2.75, 3.05) is 7.11 Å². The van der Waals surface area contributed by atoms with E-state index in [4.69, 9.17) is 9.16 Å². The van der Waals surface area contributed by atoms with E-state index in [1.807, 2.05) is 0 Å². The molecule has 0 radical (unpaired) electrons. The van der Waals surface area contributed by atoms with Crippen LogP contribution in [0.15, 0.2) is 11.6 Å². The predicted octanol–water partition coefficient (Wildman–Crippen LogP) is 5.32. The molecule has 0 spiro atoms.